The molecule has 4 rings (SSSR count). The van der Waals surface area contributed by atoms with E-state index in [9.17, 15) is 19.5 Å². The fourth-order valence-corrected chi connectivity index (χ4v) is 8.28. The summed E-state index contributed by atoms with van der Waals surface area (Å²) >= 11 is 1.63. The van der Waals surface area contributed by atoms with E-state index in [1.165, 1.54) is 0 Å². The number of hydrogen-bond acceptors (Lipinski definition) is 5. The topological polar surface area (TPSA) is 81.2 Å². The molecule has 1 spiro atoms. The van der Waals surface area contributed by atoms with Crippen molar-refractivity contribution in [2.75, 3.05) is 39.3 Å². The molecule has 3 amide bonds. The van der Waals surface area contributed by atoms with Crippen molar-refractivity contribution in [1.29, 1.82) is 0 Å². The molecule has 1 N–H and O–H groups in total. The minimum Gasteiger partial charge on any atom is -0.396 e. The largest absolute Gasteiger partial charge is 0.396 e. The van der Waals surface area contributed by atoms with Gasteiger partial charge in [-0.15, -0.1) is 11.8 Å². The van der Waals surface area contributed by atoms with Crippen molar-refractivity contribution in [3.05, 3.63) is 24.3 Å². The highest BCUT2D eigenvalue weighted by Gasteiger charge is 2.73. The molecule has 2 saturated heterocycles. The number of rotatable bonds is 8. The van der Waals surface area contributed by atoms with Crippen LogP contribution in [0.1, 0.15) is 46.5 Å². The zero-order valence-electron chi connectivity index (χ0n) is 20.0. The van der Waals surface area contributed by atoms with E-state index in [1.54, 1.807) is 16.7 Å². The van der Waals surface area contributed by atoms with E-state index in [4.69, 9.17) is 0 Å². The second-order valence-corrected chi connectivity index (χ2v) is 11.6. The molecule has 0 radical (unpaired) electrons. The lowest BCUT2D eigenvalue weighted by Crippen LogP contribution is -2.53. The Morgan fingerprint density at radius 3 is 2.27 bits per heavy atom. The Morgan fingerprint density at radius 2 is 1.61 bits per heavy atom. The molecular weight excluding hydrogens is 438 g/mol. The summed E-state index contributed by atoms with van der Waals surface area (Å²) in [4.78, 5) is 47.1. The predicted octanol–water partition coefficient (Wildman–Crippen LogP) is 2.06. The molecule has 33 heavy (non-hydrogen) atoms. The molecule has 4 aliphatic rings. The lowest BCUT2D eigenvalue weighted by molar-refractivity contribution is -0.145. The van der Waals surface area contributed by atoms with E-state index in [-0.39, 0.29) is 24.3 Å². The number of amides is 3. The number of carbonyl (C=O) groups excluding carboxylic acids is 3. The van der Waals surface area contributed by atoms with Crippen molar-refractivity contribution in [3.8, 4) is 0 Å². The van der Waals surface area contributed by atoms with Crippen LogP contribution < -0.4 is 0 Å². The van der Waals surface area contributed by atoms with Gasteiger partial charge >= 0.3 is 0 Å². The van der Waals surface area contributed by atoms with E-state index < -0.39 is 27.4 Å². The zero-order valence-corrected chi connectivity index (χ0v) is 20.9. The number of likely N-dealkylation sites (tertiary alicyclic amines) is 1. The molecule has 4 aliphatic heterocycles. The van der Waals surface area contributed by atoms with E-state index in [0.29, 0.717) is 39.1 Å². The highest BCUT2D eigenvalue weighted by atomic mass is 32.2. The molecule has 182 valence electrons. The standard InChI is InChI=1S/C25H37N3O4S/c1-4-6-13-27-15-8-11-25-19(22(31)28(16-9-17-29)20(25)23(27)32)18-21(30)26(12-5-2)14-7-10-24(18,3)33-25/h7-8,10-11,18-20,29H,4-6,9,12-17H2,1-3H3/t18-,19+,20?,24+,25+/m1/s1. The van der Waals surface area contributed by atoms with Gasteiger partial charge in [0, 0.05) is 44.1 Å². The number of thioether (sulfide) groups is 1. The van der Waals surface area contributed by atoms with Gasteiger partial charge in [-0.1, -0.05) is 44.6 Å². The van der Waals surface area contributed by atoms with Gasteiger partial charge in [-0.25, -0.2) is 0 Å². The van der Waals surface area contributed by atoms with Crippen LogP contribution in [0.4, 0.5) is 0 Å². The first-order chi connectivity index (χ1) is 15.8. The number of unbranched alkanes of at least 4 members (excludes halogenated alkanes) is 1. The number of hydrogen-bond donors (Lipinski definition) is 1. The number of aliphatic hydroxyl groups excluding tert-OH is 1. The van der Waals surface area contributed by atoms with Crippen LogP contribution in [-0.2, 0) is 14.4 Å². The molecule has 0 aliphatic carbocycles. The third-order valence-corrected chi connectivity index (χ3v) is 9.35. The van der Waals surface area contributed by atoms with Crippen molar-refractivity contribution in [2.24, 2.45) is 11.8 Å². The van der Waals surface area contributed by atoms with Gasteiger partial charge in [-0.05, 0) is 26.2 Å². The van der Waals surface area contributed by atoms with Crippen LogP contribution in [0.25, 0.3) is 0 Å². The number of aliphatic hydroxyl groups is 1. The molecule has 0 aromatic carbocycles. The lowest BCUT2D eigenvalue weighted by atomic mass is 9.74. The average molecular weight is 476 g/mol. The third-order valence-electron chi connectivity index (χ3n) is 7.56. The summed E-state index contributed by atoms with van der Waals surface area (Å²) < 4.78 is -1.33. The Kier molecular flexibility index (Phi) is 6.97. The predicted molar refractivity (Wildman–Crippen MR) is 130 cm³/mol. The van der Waals surface area contributed by atoms with Crippen LogP contribution in [-0.4, -0.2) is 92.4 Å². The van der Waals surface area contributed by atoms with E-state index in [2.05, 4.69) is 39.0 Å². The first-order valence-corrected chi connectivity index (χ1v) is 13.2. The van der Waals surface area contributed by atoms with Crippen molar-refractivity contribution in [3.63, 3.8) is 0 Å². The van der Waals surface area contributed by atoms with E-state index >= 15 is 0 Å². The Labute approximate surface area is 201 Å². The molecule has 0 saturated carbocycles. The molecule has 1 unspecified atom stereocenters. The minimum atomic E-state index is -0.779. The second-order valence-electron chi connectivity index (χ2n) is 9.83. The summed E-state index contributed by atoms with van der Waals surface area (Å²) in [6, 6.07) is -0.647. The van der Waals surface area contributed by atoms with Gasteiger partial charge in [0.25, 0.3) is 0 Å². The van der Waals surface area contributed by atoms with Gasteiger partial charge in [0.05, 0.1) is 16.6 Å². The number of carbonyl (C=O) groups is 3. The Hall–Kier alpha value is -1.80. The fourth-order valence-electron chi connectivity index (χ4n) is 6.12. The molecule has 0 aromatic rings. The van der Waals surface area contributed by atoms with Crippen LogP contribution in [0.2, 0.25) is 0 Å². The minimum absolute atomic E-state index is 0.0165. The molecule has 2 fully saturated rings. The molecule has 0 bridgehead atoms. The maximum Gasteiger partial charge on any atom is 0.247 e. The molecule has 4 heterocycles. The maximum absolute atomic E-state index is 14.0. The van der Waals surface area contributed by atoms with E-state index in [1.807, 2.05) is 15.9 Å². The first kappa shape index (κ1) is 24.3. The second kappa shape index (κ2) is 9.45. The van der Waals surface area contributed by atoms with Crippen molar-refractivity contribution >= 4 is 29.5 Å². The van der Waals surface area contributed by atoms with Crippen molar-refractivity contribution < 1.29 is 19.5 Å². The van der Waals surface area contributed by atoms with Crippen LogP contribution in [0, 0.1) is 11.8 Å². The SMILES string of the molecule is CCCCN1CC=C[C@]23S[C@@]4(C)C=CCN(CCC)C(=O)[C@H]4[C@H]2C(=O)N(CCCO)C3C1=O. The summed E-state index contributed by atoms with van der Waals surface area (Å²) in [7, 11) is 0. The molecular formula is C25H37N3O4S. The van der Waals surface area contributed by atoms with Gasteiger partial charge in [-0.3, -0.25) is 14.4 Å². The maximum atomic E-state index is 14.0. The molecule has 7 nitrogen and oxygen atoms in total. The van der Waals surface area contributed by atoms with Gasteiger partial charge in [-0.2, -0.15) is 0 Å². The summed E-state index contributed by atoms with van der Waals surface area (Å²) in [5, 5.41) is 9.48. The van der Waals surface area contributed by atoms with Crippen molar-refractivity contribution in [1.82, 2.24) is 14.7 Å². The number of nitrogens with zero attached hydrogens (tertiary/aromatic N) is 3. The fraction of sp³-hybridized carbons (Fsp3) is 0.720. The normalized spacial score (nSPS) is 35.6. The number of fused-ring (bicyclic) bond motifs is 2. The summed E-state index contributed by atoms with van der Waals surface area (Å²) in [5.41, 5.74) is 0. The first-order valence-electron chi connectivity index (χ1n) is 12.4. The third kappa shape index (κ3) is 3.83. The van der Waals surface area contributed by atoms with Crippen molar-refractivity contribution in [2.45, 2.75) is 62.0 Å². The van der Waals surface area contributed by atoms with Gasteiger partial charge in [0.2, 0.25) is 17.7 Å². The molecule has 5 atom stereocenters. The summed E-state index contributed by atoms with van der Waals surface area (Å²) in [6.45, 7) is 8.90. The highest BCUT2D eigenvalue weighted by Crippen LogP contribution is 2.65. The van der Waals surface area contributed by atoms with Crippen LogP contribution in [0.5, 0.6) is 0 Å². The van der Waals surface area contributed by atoms with Gasteiger partial charge < -0.3 is 19.8 Å². The highest BCUT2D eigenvalue weighted by molar-refractivity contribution is 8.02. The Bertz CT molecular complexity index is 861. The monoisotopic (exact) mass is 475 g/mol. The Balaban J connectivity index is 1.80. The lowest BCUT2D eigenvalue weighted by Gasteiger charge is -2.36. The van der Waals surface area contributed by atoms with Gasteiger partial charge in [0.15, 0.2) is 0 Å². The zero-order chi connectivity index (χ0) is 23.8. The molecule has 8 heteroatoms. The molecule has 0 aromatic heterocycles. The van der Waals surface area contributed by atoms with Crippen LogP contribution >= 0.6 is 11.8 Å². The summed E-state index contributed by atoms with van der Waals surface area (Å²) in [5.74, 6) is -1.23. The van der Waals surface area contributed by atoms with Crippen LogP contribution in [0.3, 0.4) is 0 Å². The van der Waals surface area contributed by atoms with Crippen LogP contribution in [0.15, 0.2) is 24.3 Å². The van der Waals surface area contributed by atoms with Gasteiger partial charge in [0.1, 0.15) is 6.04 Å². The smallest absolute Gasteiger partial charge is 0.247 e. The summed E-state index contributed by atoms with van der Waals surface area (Å²) in [6.07, 6.45) is 11.4. The average Bonchev–Trinajstić information content (AvgIpc) is 3.05. The quantitative estimate of drug-likeness (QED) is 0.544. The van der Waals surface area contributed by atoms with E-state index in [0.717, 1.165) is 19.3 Å². The Morgan fingerprint density at radius 1 is 0.909 bits per heavy atom.